The SMILES string of the molecule is O=S(=O)(Nc1ncccn1)c1ccc(-c2ccc(-c3csnn3)cc2)cc1. The standard InChI is InChI=1S/C18H13N5O2S2/c24-27(25,22-18-19-10-1-11-20-18)16-8-6-14(7-9-16)13-2-4-15(5-3-13)17-12-26-23-21-17/h1-12H,(H,19,20,22). The van der Waals surface area contributed by atoms with E-state index in [9.17, 15) is 8.42 Å². The van der Waals surface area contributed by atoms with Crippen LogP contribution in [0.2, 0.25) is 0 Å². The van der Waals surface area contributed by atoms with Gasteiger partial charge in [-0.3, -0.25) is 0 Å². The van der Waals surface area contributed by atoms with Gasteiger partial charge in [-0.1, -0.05) is 40.9 Å². The summed E-state index contributed by atoms with van der Waals surface area (Å²) >= 11 is 1.31. The number of hydrogen-bond acceptors (Lipinski definition) is 7. The van der Waals surface area contributed by atoms with Crippen LogP contribution < -0.4 is 4.72 Å². The molecule has 0 aliphatic rings. The Morgan fingerprint density at radius 2 is 1.41 bits per heavy atom. The quantitative estimate of drug-likeness (QED) is 0.556. The highest BCUT2D eigenvalue weighted by molar-refractivity contribution is 7.92. The van der Waals surface area contributed by atoms with Gasteiger partial charge in [-0.25, -0.2) is 23.1 Å². The number of benzene rings is 2. The summed E-state index contributed by atoms with van der Waals surface area (Å²) < 4.78 is 31.1. The van der Waals surface area contributed by atoms with Gasteiger partial charge in [-0.05, 0) is 40.9 Å². The molecule has 0 spiro atoms. The van der Waals surface area contributed by atoms with E-state index in [4.69, 9.17) is 0 Å². The van der Waals surface area contributed by atoms with Gasteiger partial charge < -0.3 is 0 Å². The first kappa shape index (κ1) is 17.3. The Morgan fingerprint density at radius 3 is 2.00 bits per heavy atom. The zero-order chi connectivity index (χ0) is 18.7. The van der Waals surface area contributed by atoms with Crippen molar-refractivity contribution in [1.82, 2.24) is 19.6 Å². The van der Waals surface area contributed by atoms with Gasteiger partial charge in [0.25, 0.3) is 10.0 Å². The summed E-state index contributed by atoms with van der Waals surface area (Å²) in [5, 5.41) is 5.93. The van der Waals surface area contributed by atoms with Crippen molar-refractivity contribution >= 4 is 27.5 Å². The molecule has 0 radical (unpaired) electrons. The molecule has 0 fully saturated rings. The van der Waals surface area contributed by atoms with Gasteiger partial charge >= 0.3 is 0 Å². The highest BCUT2D eigenvalue weighted by atomic mass is 32.2. The van der Waals surface area contributed by atoms with Crippen LogP contribution in [0.15, 0.2) is 77.3 Å². The summed E-state index contributed by atoms with van der Waals surface area (Å²) in [7, 11) is -3.74. The van der Waals surface area contributed by atoms with Crippen molar-refractivity contribution in [3.05, 3.63) is 72.4 Å². The molecule has 134 valence electrons. The van der Waals surface area contributed by atoms with E-state index in [2.05, 4.69) is 24.3 Å². The topological polar surface area (TPSA) is 97.7 Å². The fraction of sp³-hybridized carbons (Fsp3) is 0. The lowest BCUT2D eigenvalue weighted by atomic mass is 10.0. The van der Waals surface area contributed by atoms with Gasteiger partial charge in [-0.2, -0.15) is 0 Å². The number of sulfonamides is 1. The minimum absolute atomic E-state index is 0.0358. The Bertz CT molecular complexity index is 1130. The predicted octanol–water partition coefficient (Wildman–Crippen LogP) is 3.46. The maximum Gasteiger partial charge on any atom is 0.264 e. The minimum Gasteiger partial charge on any atom is -0.247 e. The van der Waals surface area contributed by atoms with Crippen molar-refractivity contribution in [2.45, 2.75) is 4.90 Å². The average molecular weight is 395 g/mol. The maximum absolute atomic E-state index is 12.4. The summed E-state index contributed by atoms with van der Waals surface area (Å²) in [6, 6.07) is 16.1. The second-order valence-electron chi connectivity index (χ2n) is 5.57. The minimum atomic E-state index is -3.74. The molecule has 0 amide bonds. The number of rotatable bonds is 5. The van der Waals surface area contributed by atoms with Gasteiger partial charge in [0.2, 0.25) is 5.95 Å². The fourth-order valence-corrected chi connectivity index (χ4v) is 3.90. The second-order valence-corrected chi connectivity index (χ2v) is 7.86. The maximum atomic E-state index is 12.4. The summed E-state index contributed by atoms with van der Waals surface area (Å²) in [5.41, 5.74) is 3.71. The molecule has 1 N–H and O–H groups in total. The van der Waals surface area contributed by atoms with Crippen molar-refractivity contribution in [2.24, 2.45) is 0 Å². The van der Waals surface area contributed by atoms with Crippen LogP contribution in [-0.4, -0.2) is 28.0 Å². The van der Waals surface area contributed by atoms with Crippen LogP contribution in [0.1, 0.15) is 0 Å². The molecule has 0 bridgehead atoms. The Morgan fingerprint density at radius 1 is 0.815 bits per heavy atom. The third kappa shape index (κ3) is 3.83. The summed E-state index contributed by atoms with van der Waals surface area (Å²) in [6.07, 6.45) is 2.94. The Balaban J connectivity index is 1.55. The van der Waals surface area contributed by atoms with Gasteiger partial charge in [0.05, 0.1) is 4.90 Å². The molecule has 7 nitrogen and oxygen atoms in total. The van der Waals surface area contributed by atoms with Gasteiger partial charge in [-0.15, -0.1) is 5.10 Å². The summed E-state index contributed by atoms with van der Waals surface area (Å²) in [4.78, 5) is 7.89. The van der Waals surface area contributed by atoms with E-state index >= 15 is 0 Å². The Labute approximate surface area is 160 Å². The Hall–Kier alpha value is -3.17. The third-order valence-electron chi connectivity index (χ3n) is 3.83. The summed E-state index contributed by atoms with van der Waals surface area (Å²) in [5.74, 6) is 0.0358. The van der Waals surface area contributed by atoms with E-state index in [1.54, 1.807) is 30.3 Å². The molecule has 4 rings (SSSR count). The van der Waals surface area contributed by atoms with Gasteiger partial charge in [0.15, 0.2) is 0 Å². The molecule has 0 aliphatic carbocycles. The molecule has 2 heterocycles. The van der Waals surface area contributed by atoms with Crippen LogP contribution in [0, 0.1) is 0 Å². The molecule has 0 atom stereocenters. The van der Waals surface area contributed by atoms with Crippen molar-refractivity contribution in [1.29, 1.82) is 0 Å². The van der Waals surface area contributed by atoms with E-state index < -0.39 is 10.0 Å². The monoisotopic (exact) mass is 395 g/mol. The number of anilines is 1. The smallest absolute Gasteiger partial charge is 0.247 e. The fourth-order valence-electron chi connectivity index (χ4n) is 2.48. The van der Waals surface area contributed by atoms with Crippen molar-refractivity contribution < 1.29 is 8.42 Å². The van der Waals surface area contributed by atoms with Crippen LogP contribution in [-0.2, 0) is 10.0 Å². The molecule has 2 aromatic heterocycles. The summed E-state index contributed by atoms with van der Waals surface area (Å²) in [6.45, 7) is 0. The molecule has 2 aromatic carbocycles. The van der Waals surface area contributed by atoms with Crippen LogP contribution >= 0.6 is 11.5 Å². The van der Waals surface area contributed by atoms with E-state index in [0.717, 1.165) is 22.4 Å². The van der Waals surface area contributed by atoms with Crippen molar-refractivity contribution in [3.63, 3.8) is 0 Å². The van der Waals surface area contributed by atoms with Crippen LogP contribution in [0.5, 0.6) is 0 Å². The molecular formula is C18H13N5O2S2. The largest absolute Gasteiger partial charge is 0.264 e. The molecule has 27 heavy (non-hydrogen) atoms. The average Bonchev–Trinajstić information content (AvgIpc) is 3.24. The predicted molar refractivity (Wildman–Crippen MR) is 104 cm³/mol. The van der Waals surface area contributed by atoms with E-state index in [0.29, 0.717) is 0 Å². The molecule has 0 saturated carbocycles. The molecule has 0 unspecified atom stereocenters. The molecule has 9 heteroatoms. The number of aromatic nitrogens is 4. The van der Waals surface area contributed by atoms with E-state index in [-0.39, 0.29) is 10.8 Å². The lowest BCUT2D eigenvalue weighted by Gasteiger charge is -2.08. The van der Waals surface area contributed by atoms with Crippen LogP contribution in [0.25, 0.3) is 22.4 Å². The molecular weight excluding hydrogens is 382 g/mol. The molecule has 0 aliphatic heterocycles. The zero-order valence-corrected chi connectivity index (χ0v) is 15.5. The first-order valence-electron chi connectivity index (χ1n) is 7.90. The van der Waals surface area contributed by atoms with Crippen molar-refractivity contribution in [3.8, 4) is 22.4 Å². The van der Waals surface area contributed by atoms with E-state index in [1.807, 2.05) is 29.6 Å². The van der Waals surface area contributed by atoms with E-state index in [1.165, 1.54) is 23.9 Å². The lowest BCUT2D eigenvalue weighted by Crippen LogP contribution is -2.14. The van der Waals surface area contributed by atoms with Crippen molar-refractivity contribution in [2.75, 3.05) is 4.72 Å². The zero-order valence-electron chi connectivity index (χ0n) is 13.9. The van der Waals surface area contributed by atoms with Gasteiger partial charge in [0.1, 0.15) is 5.69 Å². The lowest BCUT2D eigenvalue weighted by molar-refractivity contribution is 0.601. The highest BCUT2D eigenvalue weighted by Gasteiger charge is 2.15. The van der Waals surface area contributed by atoms with Gasteiger partial charge in [0, 0.05) is 23.3 Å². The number of hydrogen-bond donors (Lipinski definition) is 1. The highest BCUT2D eigenvalue weighted by Crippen LogP contribution is 2.25. The second kappa shape index (κ2) is 7.22. The number of nitrogens with one attached hydrogen (secondary N) is 1. The Kier molecular flexibility index (Phi) is 4.61. The molecule has 0 saturated heterocycles. The molecule has 4 aromatic rings. The van der Waals surface area contributed by atoms with Crippen LogP contribution in [0.3, 0.4) is 0 Å². The normalized spacial score (nSPS) is 11.3. The first-order valence-corrected chi connectivity index (χ1v) is 10.2. The first-order chi connectivity index (χ1) is 13.1. The third-order valence-corrected chi connectivity index (χ3v) is 5.68. The number of nitrogens with zero attached hydrogens (tertiary/aromatic N) is 4. The van der Waals surface area contributed by atoms with Crippen LogP contribution in [0.4, 0.5) is 5.95 Å².